The molecule has 7 nitrogen and oxygen atoms in total. The van der Waals surface area contributed by atoms with Crippen LogP contribution in [0.3, 0.4) is 0 Å². The van der Waals surface area contributed by atoms with Gasteiger partial charge in [0, 0.05) is 83.6 Å². The van der Waals surface area contributed by atoms with E-state index in [0.29, 0.717) is 50.7 Å². The van der Waals surface area contributed by atoms with E-state index in [1.54, 1.807) is 25.1 Å². The number of alkyl halides is 3. The molecule has 4 fully saturated rings. The Hall–Kier alpha value is -2.33. The van der Waals surface area contributed by atoms with Gasteiger partial charge in [-0.05, 0) is 62.8 Å². The number of ether oxygens (including phenoxy) is 1. The Labute approximate surface area is 229 Å². The van der Waals surface area contributed by atoms with Crippen LogP contribution in [0.1, 0.15) is 55.6 Å². The smallest absolute Gasteiger partial charge is 0.381 e. The minimum absolute atomic E-state index is 0.000337. The molecule has 10 heteroatoms. The average molecular weight is 551 g/mol. The monoisotopic (exact) mass is 550 g/mol. The van der Waals surface area contributed by atoms with Gasteiger partial charge in [-0.3, -0.25) is 14.5 Å². The Morgan fingerprint density at radius 2 is 1.59 bits per heavy atom. The normalized spacial score (nSPS) is 25.9. The van der Waals surface area contributed by atoms with Crippen LogP contribution in [-0.4, -0.2) is 99.1 Å². The van der Waals surface area contributed by atoms with Gasteiger partial charge in [-0.1, -0.05) is 6.07 Å². The van der Waals surface area contributed by atoms with Gasteiger partial charge < -0.3 is 19.4 Å². The number of carbonyl (C=O) groups is 2. The van der Waals surface area contributed by atoms with Crippen LogP contribution in [0.2, 0.25) is 0 Å². The molecular formula is C29H41F3N4O3. The minimum Gasteiger partial charge on any atom is -0.381 e. The van der Waals surface area contributed by atoms with Crippen molar-refractivity contribution in [1.29, 1.82) is 0 Å². The highest BCUT2D eigenvalue weighted by Crippen LogP contribution is 2.40. The van der Waals surface area contributed by atoms with Gasteiger partial charge >= 0.3 is 6.18 Å². The zero-order valence-corrected chi connectivity index (χ0v) is 23.1. The molecule has 1 aromatic carbocycles. The first kappa shape index (κ1) is 28.2. The molecule has 2 unspecified atom stereocenters. The standard InChI is InChI=1S/C29H41F3N4O3/c1-33(2)27(37)20-5-11-34(12-6-20)26-17-23(29(30,31)32)3-4-25(26)21-7-14-36(18-21)28(38)22-8-13-35(19-22)24-9-15-39-16-10-24/h3-4,17,20-22,24H,5-16,18-19H2,1-2H3. The second-order valence-electron chi connectivity index (χ2n) is 11.9. The van der Waals surface area contributed by atoms with Gasteiger partial charge in [0.25, 0.3) is 0 Å². The van der Waals surface area contributed by atoms with Crippen LogP contribution in [0, 0.1) is 11.8 Å². The second-order valence-corrected chi connectivity index (χ2v) is 11.9. The summed E-state index contributed by atoms with van der Waals surface area (Å²) in [5.41, 5.74) is 0.829. The molecule has 216 valence electrons. The van der Waals surface area contributed by atoms with Crippen LogP contribution < -0.4 is 4.90 Å². The zero-order valence-electron chi connectivity index (χ0n) is 23.1. The molecule has 2 atom stereocenters. The van der Waals surface area contributed by atoms with Crippen molar-refractivity contribution in [2.75, 3.05) is 71.5 Å². The van der Waals surface area contributed by atoms with Crippen LogP contribution in [0.4, 0.5) is 18.9 Å². The molecule has 1 aromatic rings. The molecule has 2 amide bonds. The highest BCUT2D eigenvalue weighted by Gasteiger charge is 2.39. The van der Waals surface area contributed by atoms with E-state index in [1.807, 2.05) is 9.80 Å². The molecule has 0 aliphatic carbocycles. The molecule has 0 N–H and O–H groups in total. The van der Waals surface area contributed by atoms with Crippen LogP contribution >= 0.6 is 0 Å². The molecule has 0 saturated carbocycles. The van der Waals surface area contributed by atoms with E-state index in [4.69, 9.17) is 4.74 Å². The SMILES string of the molecule is CN(C)C(=O)C1CCN(c2cc(C(F)(F)F)ccc2C2CCN(C(=O)C3CCN(C4CCOCC4)C3)C2)CC1. The summed E-state index contributed by atoms with van der Waals surface area (Å²) < 4.78 is 46.5. The first-order valence-corrected chi connectivity index (χ1v) is 14.4. The Morgan fingerprint density at radius 1 is 0.897 bits per heavy atom. The number of hydrogen-bond acceptors (Lipinski definition) is 5. The van der Waals surface area contributed by atoms with Crippen molar-refractivity contribution >= 4 is 17.5 Å². The van der Waals surface area contributed by atoms with E-state index < -0.39 is 11.7 Å². The summed E-state index contributed by atoms with van der Waals surface area (Å²) in [6.07, 6.45) is 0.455. The molecule has 4 saturated heterocycles. The number of anilines is 1. The van der Waals surface area contributed by atoms with Crippen molar-refractivity contribution in [1.82, 2.24) is 14.7 Å². The lowest BCUT2D eigenvalue weighted by Crippen LogP contribution is -2.41. The lowest BCUT2D eigenvalue weighted by Gasteiger charge is -2.36. The minimum atomic E-state index is -4.43. The maximum Gasteiger partial charge on any atom is 0.416 e. The van der Waals surface area contributed by atoms with Crippen molar-refractivity contribution in [3.05, 3.63) is 29.3 Å². The summed E-state index contributed by atoms with van der Waals surface area (Å²) in [7, 11) is 3.47. The van der Waals surface area contributed by atoms with Crippen LogP contribution in [0.5, 0.6) is 0 Å². The van der Waals surface area contributed by atoms with Gasteiger partial charge in [-0.25, -0.2) is 0 Å². The maximum atomic E-state index is 13.7. The molecule has 5 rings (SSSR count). The molecule has 0 spiro atoms. The van der Waals surface area contributed by atoms with Crippen LogP contribution in [-0.2, 0) is 20.5 Å². The van der Waals surface area contributed by atoms with Crippen molar-refractivity contribution < 1.29 is 27.5 Å². The Kier molecular flexibility index (Phi) is 8.42. The fraction of sp³-hybridized carbons (Fsp3) is 0.724. The number of hydrogen-bond donors (Lipinski definition) is 0. The van der Waals surface area contributed by atoms with Crippen molar-refractivity contribution in [3.8, 4) is 0 Å². The molecule has 0 radical (unpaired) electrons. The van der Waals surface area contributed by atoms with E-state index >= 15 is 0 Å². The maximum absolute atomic E-state index is 13.7. The molecule has 0 aromatic heterocycles. The lowest BCUT2D eigenvalue weighted by molar-refractivity contribution is -0.137. The van der Waals surface area contributed by atoms with E-state index in [1.165, 1.54) is 12.1 Å². The molecule has 4 aliphatic heterocycles. The third kappa shape index (κ3) is 6.21. The second kappa shape index (κ2) is 11.6. The molecular weight excluding hydrogens is 509 g/mol. The number of carbonyl (C=O) groups excluding carboxylic acids is 2. The van der Waals surface area contributed by atoms with Gasteiger partial charge in [0.1, 0.15) is 0 Å². The van der Waals surface area contributed by atoms with Crippen molar-refractivity contribution in [2.24, 2.45) is 11.8 Å². The van der Waals surface area contributed by atoms with E-state index in [9.17, 15) is 22.8 Å². The molecule has 0 bridgehead atoms. The van der Waals surface area contributed by atoms with E-state index in [0.717, 1.165) is 57.6 Å². The average Bonchev–Trinajstić information content (AvgIpc) is 3.63. The van der Waals surface area contributed by atoms with Crippen LogP contribution in [0.25, 0.3) is 0 Å². The quantitative estimate of drug-likeness (QED) is 0.558. The summed E-state index contributed by atoms with van der Waals surface area (Å²) in [5.74, 6) is 0.152. The Balaban J connectivity index is 1.27. The van der Waals surface area contributed by atoms with Crippen LogP contribution in [0.15, 0.2) is 18.2 Å². The van der Waals surface area contributed by atoms with Crippen molar-refractivity contribution in [3.63, 3.8) is 0 Å². The number of nitrogens with zero attached hydrogens (tertiary/aromatic N) is 4. The van der Waals surface area contributed by atoms with Gasteiger partial charge in [-0.15, -0.1) is 0 Å². The van der Waals surface area contributed by atoms with Gasteiger partial charge in [0.05, 0.1) is 11.5 Å². The summed E-state index contributed by atoms with van der Waals surface area (Å²) in [6.45, 7) is 5.55. The summed E-state index contributed by atoms with van der Waals surface area (Å²) in [4.78, 5) is 33.9. The zero-order chi connectivity index (χ0) is 27.7. The lowest BCUT2D eigenvalue weighted by atomic mass is 9.91. The fourth-order valence-corrected chi connectivity index (χ4v) is 6.91. The Bertz CT molecular complexity index is 1040. The van der Waals surface area contributed by atoms with Crippen molar-refractivity contribution in [2.45, 2.75) is 56.7 Å². The van der Waals surface area contributed by atoms with Gasteiger partial charge in [0.2, 0.25) is 11.8 Å². The molecule has 4 heterocycles. The number of likely N-dealkylation sites (tertiary alicyclic amines) is 2. The number of benzene rings is 1. The third-order valence-electron chi connectivity index (χ3n) is 9.20. The highest BCUT2D eigenvalue weighted by atomic mass is 19.4. The van der Waals surface area contributed by atoms with Gasteiger partial charge in [-0.2, -0.15) is 13.2 Å². The summed E-state index contributed by atoms with van der Waals surface area (Å²) in [5, 5.41) is 0. The Morgan fingerprint density at radius 3 is 2.26 bits per heavy atom. The molecule has 4 aliphatic rings. The number of amides is 2. The predicted octanol–water partition coefficient (Wildman–Crippen LogP) is 3.83. The van der Waals surface area contributed by atoms with E-state index in [2.05, 4.69) is 4.90 Å². The number of rotatable bonds is 5. The summed E-state index contributed by atoms with van der Waals surface area (Å²) in [6, 6.07) is 4.57. The van der Waals surface area contributed by atoms with E-state index in [-0.39, 0.29) is 29.6 Å². The number of halogens is 3. The topological polar surface area (TPSA) is 56.3 Å². The fourth-order valence-electron chi connectivity index (χ4n) is 6.91. The first-order valence-electron chi connectivity index (χ1n) is 14.4. The number of piperidine rings is 1. The first-order chi connectivity index (χ1) is 18.6. The molecule has 39 heavy (non-hydrogen) atoms. The largest absolute Gasteiger partial charge is 0.416 e. The van der Waals surface area contributed by atoms with Gasteiger partial charge in [0.15, 0.2) is 0 Å². The third-order valence-corrected chi connectivity index (χ3v) is 9.20. The highest BCUT2D eigenvalue weighted by molar-refractivity contribution is 5.80. The predicted molar refractivity (Wildman–Crippen MR) is 143 cm³/mol. The summed E-state index contributed by atoms with van der Waals surface area (Å²) >= 11 is 0.